The normalized spacial score (nSPS) is 20.2. The molecule has 0 aromatic carbocycles. The van der Waals surface area contributed by atoms with Crippen molar-refractivity contribution in [2.45, 2.75) is 32.5 Å². The number of hydrogen-bond donors (Lipinski definition) is 0. The highest BCUT2D eigenvalue weighted by Gasteiger charge is 2.34. The summed E-state index contributed by atoms with van der Waals surface area (Å²) in [5, 5.41) is 0. The van der Waals surface area contributed by atoms with Gasteiger partial charge in [-0.2, -0.15) is 0 Å². The number of carbonyl (C=O) groups is 2. The van der Waals surface area contributed by atoms with Gasteiger partial charge < -0.3 is 18.6 Å². The van der Waals surface area contributed by atoms with Crippen molar-refractivity contribution in [2.24, 2.45) is 7.05 Å². The molecule has 0 spiro atoms. The van der Waals surface area contributed by atoms with Gasteiger partial charge in [0.05, 0.1) is 19.2 Å². The lowest BCUT2D eigenvalue weighted by atomic mass is 10.0. The second kappa shape index (κ2) is 8.02. The number of piperazine rings is 1. The lowest BCUT2D eigenvalue weighted by molar-refractivity contribution is 0.0223. The second-order valence-electron chi connectivity index (χ2n) is 7.07. The van der Waals surface area contributed by atoms with E-state index in [0.717, 1.165) is 0 Å². The Morgan fingerprint density at radius 1 is 1.14 bits per heavy atom. The van der Waals surface area contributed by atoms with Gasteiger partial charge in [0.1, 0.15) is 5.76 Å². The highest BCUT2D eigenvalue weighted by atomic mass is 16.5. The first-order valence-corrected chi connectivity index (χ1v) is 9.20. The van der Waals surface area contributed by atoms with Gasteiger partial charge in [0, 0.05) is 44.5 Å². The molecule has 2 aromatic rings. The fraction of sp³-hybridized carbons (Fsp3) is 0.450. The number of rotatable bonds is 4. The van der Waals surface area contributed by atoms with Gasteiger partial charge in [0.15, 0.2) is 0 Å². The minimum atomic E-state index is -0.500. The summed E-state index contributed by atoms with van der Waals surface area (Å²) < 4.78 is 11.6. The van der Waals surface area contributed by atoms with Gasteiger partial charge in [-0.3, -0.25) is 14.5 Å². The van der Waals surface area contributed by atoms with Crippen LogP contribution >= 0.6 is 0 Å². The topological polar surface area (TPSA) is 85.0 Å². The third-order valence-electron chi connectivity index (χ3n) is 5.39. The van der Waals surface area contributed by atoms with Crippen LogP contribution in [0.3, 0.4) is 0 Å². The fourth-order valence-electron chi connectivity index (χ4n) is 3.48. The van der Waals surface area contributed by atoms with Crippen molar-refractivity contribution in [3.8, 4) is 0 Å². The number of aromatic nitrogens is 1. The van der Waals surface area contributed by atoms with E-state index < -0.39 is 5.97 Å². The highest BCUT2D eigenvalue weighted by Crippen LogP contribution is 2.22. The summed E-state index contributed by atoms with van der Waals surface area (Å²) in [6, 6.07) is 6.43. The first kappa shape index (κ1) is 19.9. The minimum Gasteiger partial charge on any atom is -0.463 e. The molecule has 0 N–H and O–H groups in total. The molecule has 150 valence electrons. The smallest absolute Gasteiger partial charge is 0.373 e. The van der Waals surface area contributed by atoms with Gasteiger partial charge in [-0.15, -0.1) is 0 Å². The maximum atomic E-state index is 12.9. The molecule has 3 rings (SSSR count). The van der Waals surface area contributed by atoms with Crippen LogP contribution in [-0.4, -0.2) is 58.5 Å². The van der Waals surface area contributed by atoms with Crippen LogP contribution < -0.4 is 5.56 Å². The largest absolute Gasteiger partial charge is 0.463 e. The molecule has 8 heteroatoms. The number of furan rings is 1. The molecule has 0 bridgehead atoms. The Morgan fingerprint density at radius 2 is 1.89 bits per heavy atom. The molecule has 0 radical (unpaired) electrons. The molecule has 0 unspecified atom stereocenters. The summed E-state index contributed by atoms with van der Waals surface area (Å²) in [5.41, 5.74) is 0.357. The van der Waals surface area contributed by atoms with Crippen LogP contribution in [0.25, 0.3) is 0 Å². The maximum Gasteiger partial charge on any atom is 0.373 e. The molecule has 0 aliphatic carbocycles. The number of methoxy groups -OCH3 is 1. The first-order valence-electron chi connectivity index (χ1n) is 9.20. The van der Waals surface area contributed by atoms with Crippen molar-refractivity contribution in [1.82, 2.24) is 14.4 Å². The van der Waals surface area contributed by atoms with Crippen molar-refractivity contribution in [3.05, 3.63) is 57.9 Å². The summed E-state index contributed by atoms with van der Waals surface area (Å²) in [6.45, 7) is 5.87. The number of hydrogen-bond acceptors (Lipinski definition) is 6. The number of ether oxygens (including phenoxy) is 1. The molecule has 1 aliphatic rings. The predicted octanol–water partition coefficient (Wildman–Crippen LogP) is 1.50. The number of pyridine rings is 1. The zero-order valence-electron chi connectivity index (χ0n) is 16.5. The van der Waals surface area contributed by atoms with Gasteiger partial charge in [0.25, 0.3) is 5.91 Å². The minimum absolute atomic E-state index is 0.0199. The first-order chi connectivity index (χ1) is 13.3. The van der Waals surface area contributed by atoms with E-state index in [4.69, 9.17) is 4.42 Å². The van der Waals surface area contributed by atoms with E-state index in [-0.39, 0.29) is 29.3 Å². The number of esters is 1. The van der Waals surface area contributed by atoms with Crippen LogP contribution in [0.5, 0.6) is 0 Å². The maximum absolute atomic E-state index is 12.9. The summed E-state index contributed by atoms with van der Waals surface area (Å²) in [7, 11) is 2.95. The monoisotopic (exact) mass is 387 g/mol. The SMILES string of the molecule is COC(=O)c1ccc(CN2CCN(C(=O)c3ccc(=O)n(C)c3)[C@H](C)[C@H]2C)o1. The van der Waals surface area contributed by atoms with E-state index in [9.17, 15) is 14.4 Å². The Labute approximate surface area is 163 Å². The molecule has 1 amide bonds. The Hall–Kier alpha value is -2.87. The van der Waals surface area contributed by atoms with Crippen molar-refractivity contribution in [2.75, 3.05) is 20.2 Å². The summed E-state index contributed by atoms with van der Waals surface area (Å²) >= 11 is 0. The molecule has 1 aliphatic heterocycles. The van der Waals surface area contributed by atoms with Gasteiger partial charge in [-0.25, -0.2) is 4.79 Å². The van der Waals surface area contributed by atoms with E-state index >= 15 is 0 Å². The average Bonchev–Trinajstić information content (AvgIpc) is 3.15. The van der Waals surface area contributed by atoms with Crippen molar-refractivity contribution in [3.63, 3.8) is 0 Å². The van der Waals surface area contributed by atoms with Crippen LogP contribution in [0.15, 0.2) is 39.7 Å². The zero-order valence-corrected chi connectivity index (χ0v) is 16.5. The molecule has 28 heavy (non-hydrogen) atoms. The molecule has 3 heterocycles. The third kappa shape index (κ3) is 3.87. The predicted molar refractivity (Wildman–Crippen MR) is 102 cm³/mol. The molecule has 2 atom stereocenters. The Bertz CT molecular complexity index is 932. The molecule has 2 aromatic heterocycles. The van der Waals surface area contributed by atoms with Gasteiger partial charge in [-0.05, 0) is 32.0 Å². The quantitative estimate of drug-likeness (QED) is 0.739. The summed E-state index contributed by atoms with van der Waals surface area (Å²) in [4.78, 5) is 40.1. The standard InChI is InChI=1S/C20H25N3O5/c1-13-14(2)23(19(25)15-5-8-18(24)21(3)11-15)10-9-22(13)12-16-6-7-17(28-16)20(26)27-4/h5-8,11,13-14H,9-10,12H2,1-4H3/t13-,14-/m1/s1. The van der Waals surface area contributed by atoms with Crippen LogP contribution in [0.2, 0.25) is 0 Å². The van der Waals surface area contributed by atoms with Crippen LogP contribution in [0, 0.1) is 0 Å². The number of aryl methyl sites for hydroxylation is 1. The van der Waals surface area contributed by atoms with Crippen LogP contribution in [-0.2, 0) is 18.3 Å². The lowest BCUT2D eigenvalue weighted by Crippen LogP contribution is -2.58. The van der Waals surface area contributed by atoms with E-state index in [0.29, 0.717) is 31.0 Å². The van der Waals surface area contributed by atoms with E-state index in [1.165, 1.54) is 17.7 Å². The third-order valence-corrected chi connectivity index (χ3v) is 5.39. The molecule has 1 fully saturated rings. The van der Waals surface area contributed by atoms with Gasteiger partial charge >= 0.3 is 5.97 Å². The molecular formula is C20H25N3O5. The van der Waals surface area contributed by atoms with E-state index in [1.54, 1.807) is 31.4 Å². The molecule has 0 saturated carbocycles. The van der Waals surface area contributed by atoms with Crippen LogP contribution in [0.1, 0.15) is 40.5 Å². The van der Waals surface area contributed by atoms with Crippen molar-refractivity contribution in [1.29, 1.82) is 0 Å². The number of amides is 1. The highest BCUT2D eigenvalue weighted by molar-refractivity contribution is 5.94. The molecule has 1 saturated heterocycles. The fourth-order valence-corrected chi connectivity index (χ4v) is 3.48. The number of nitrogens with zero attached hydrogens (tertiary/aromatic N) is 3. The van der Waals surface area contributed by atoms with Gasteiger partial charge in [-0.1, -0.05) is 0 Å². The number of carbonyl (C=O) groups excluding carboxylic acids is 2. The molecule has 8 nitrogen and oxygen atoms in total. The lowest BCUT2D eigenvalue weighted by Gasteiger charge is -2.44. The summed E-state index contributed by atoms with van der Waals surface area (Å²) in [5.74, 6) is 0.278. The van der Waals surface area contributed by atoms with E-state index in [1.807, 2.05) is 11.8 Å². The Morgan fingerprint density at radius 3 is 2.57 bits per heavy atom. The summed E-state index contributed by atoms with van der Waals surface area (Å²) in [6.07, 6.45) is 1.58. The van der Waals surface area contributed by atoms with Crippen molar-refractivity contribution < 1.29 is 18.7 Å². The second-order valence-corrected chi connectivity index (χ2v) is 7.07. The molecular weight excluding hydrogens is 362 g/mol. The van der Waals surface area contributed by atoms with E-state index in [2.05, 4.69) is 16.6 Å². The average molecular weight is 387 g/mol. The van der Waals surface area contributed by atoms with Crippen LogP contribution in [0.4, 0.5) is 0 Å². The Balaban J connectivity index is 1.69. The van der Waals surface area contributed by atoms with Gasteiger partial charge in [0.2, 0.25) is 11.3 Å². The zero-order chi connectivity index (χ0) is 20.4. The Kier molecular flexibility index (Phi) is 5.69. The van der Waals surface area contributed by atoms with Crippen molar-refractivity contribution >= 4 is 11.9 Å².